The highest BCUT2D eigenvalue weighted by Crippen LogP contribution is 2.45. The van der Waals surface area contributed by atoms with E-state index in [4.69, 9.17) is 4.74 Å². The van der Waals surface area contributed by atoms with Gasteiger partial charge >= 0.3 is 5.97 Å². The summed E-state index contributed by atoms with van der Waals surface area (Å²) in [6.45, 7) is 7.84. The first kappa shape index (κ1) is 14.2. The van der Waals surface area contributed by atoms with Crippen LogP contribution in [-0.2, 0) is 9.53 Å². The van der Waals surface area contributed by atoms with Crippen LogP contribution in [0, 0.1) is 12.8 Å². The van der Waals surface area contributed by atoms with Crippen molar-refractivity contribution in [1.82, 2.24) is 0 Å². The van der Waals surface area contributed by atoms with Crippen LogP contribution in [-0.4, -0.2) is 17.6 Å². The molecule has 0 bridgehead atoms. The Morgan fingerprint density at radius 2 is 2.10 bits per heavy atom. The Morgan fingerprint density at radius 3 is 2.81 bits per heavy atom. The smallest absolute Gasteiger partial charge is 0.329 e. The van der Waals surface area contributed by atoms with Crippen molar-refractivity contribution in [2.24, 2.45) is 5.92 Å². The number of allylic oxidation sites excluding steroid dienone is 2. The maximum absolute atomic E-state index is 12.5. The third-order valence-electron chi connectivity index (χ3n) is 4.18. The fraction of sp³-hybridized carbons (Fsp3) is 0.500. The molecule has 0 unspecified atom stereocenters. The average molecular weight is 285 g/mol. The van der Waals surface area contributed by atoms with Gasteiger partial charge in [-0.05, 0) is 45.7 Å². The third-order valence-corrected chi connectivity index (χ3v) is 4.18. The molecular formula is C18H23NO2. The molecule has 1 heterocycles. The Hall–Kier alpha value is -1.77. The zero-order valence-corrected chi connectivity index (χ0v) is 13.1. The average Bonchev–Trinajstić information content (AvgIpc) is 2.85. The second-order valence-corrected chi connectivity index (χ2v) is 7.10. The van der Waals surface area contributed by atoms with Crippen LogP contribution in [0.1, 0.15) is 44.2 Å². The minimum absolute atomic E-state index is 0.146. The predicted octanol–water partition coefficient (Wildman–Crippen LogP) is 3.79. The largest absolute Gasteiger partial charge is 0.458 e. The van der Waals surface area contributed by atoms with Gasteiger partial charge < -0.3 is 10.1 Å². The molecule has 0 radical (unpaired) electrons. The van der Waals surface area contributed by atoms with Gasteiger partial charge in [0.15, 0.2) is 0 Å². The van der Waals surface area contributed by atoms with Gasteiger partial charge in [0.2, 0.25) is 0 Å². The number of fused-ring (bicyclic) bond motifs is 3. The first-order valence-corrected chi connectivity index (χ1v) is 7.62. The number of carbonyl (C=O) groups is 1. The second-order valence-electron chi connectivity index (χ2n) is 7.10. The first-order chi connectivity index (χ1) is 9.85. The number of esters is 1. The van der Waals surface area contributed by atoms with E-state index in [1.807, 2.05) is 20.8 Å². The van der Waals surface area contributed by atoms with Gasteiger partial charge in [0.05, 0.1) is 0 Å². The standard InChI is InChI=1S/C18H23NO2/c1-11-8-9-15-14(10-11)12-6-5-7-13(12)16(19-15)17(20)21-18(2,3)4/h5-6,8-10,12-13,16,19H,7H2,1-4H3/t12-,13+,16-/m0/s1. The number of aryl methyl sites for hydroxylation is 1. The number of benzene rings is 1. The van der Waals surface area contributed by atoms with Crippen molar-refractivity contribution in [1.29, 1.82) is 0 Å². The van der Waals surface area contributed by atoms with Crippen molar-refractivity contribution in [3.05, 3.63) is 41.5 Å². The van der Waals surface area contributed by atoms with E-state index in [-0.39, 0.29) is 17.9 Å². The summed E-state index contributed by atoms with van der Waals surface area (Å²) >= 11 is 0. The minimum Gasteiger partial charge on any atom is -0.458 e. The lowest BCUT2D eigenvalue weighted by atomic mass is 9.79. The minimum atomic E-state index is -0.451. The number of nitrogens with one attached hydrogen (secondary N) is 1. The Labute approximate surface area is 126 Å². The van der Waals surface area contributed by atoms with E-state index in [2.05, 4.69) is 42.6 Å². The summed E-state index contributed by atoms with van der Waals surface area (Å²) in [7, 11) is 0. The highest BCUT2D eigenvalue weighted by atomic mass is 16.6. The Morgan fingerprint density at radius 1 is 1.33 bits per heavy atom. The molecular weight excluding hydrogens is 262 g/mol. The molecule has 3 heteroatoms. The van der Waals surface area contributed by atoms with Crippen molar-refractivity contribution in [3.8, 4) is 0 Å². The van der Waals surface area contributed by atoms with Gasteiger partial charge in [0.1, 0.15) is 11.6 Å². The molecule has 2 aliphatic rings. The molecule has 1 aromatic rings. The van der Waals surface area contributed by atoms with Crippen LogP contribution in [0.3, 0.4) is 0 Å². The lowest BCUT2D eigenvalue weighted by Crippen LogP contribution is -2.45. The van der Waals surface area contributed by atoms with Crippen LogP contribution < -0.4 is 5.32 Å². The fourth-order valence-corrected chi connectivity index (χ4v) is 3.31. The normalized spacial score (nSPS) is 26.8. The topological polar surface area (TPSA) is 38.3 Å². The molecule has 0 fully saturated rings. The van der Waals surface area contributed by atoms with E-state index in [1.54, 1.807) is 0 Å². The summed E-state index contributed by atoms with van der Waals surface area (Å²) in [5.74, 6) is 0.431. The van der Waals surface area contributed by atoms with Gasteiger partial charge in [-0.3, -0.25) is 0 Å². The molecule has 0 amide bonds. The first-order valence-electron chi connectivity index (χ1n) is 7.62. The molecule has 0 saturated heterocycles. The number of ether oxygens (including phenoxy) is 1. The van der Waals surface area contributed by atoms with Crippen LogP contribution in [0.4, 0.5) is 5.69 Å². The summed E-state index contributed by atoms with van der Waals surface area (Å²) in [5, 5.41) is 3.40. The summed E-state index contributed by atoms with van der Waals surface area (Å²) in [4.78, 5) is 12.5. The van der Waals surface area contributed by atoms with Crippen LogP contribution in [0.15, 0.2) is 30.4 Å². The van der Waals surface area contributed by atoms with Crippen LogP contribution >= 0.6 is 0 Å². The van der Waals surface area contributed by atoms with Crippen molar-refractivity contribution >= 4 is 11.7 Å². The molecule has 1 N–H and O–H groups in total. The highest BCUT2D eigenvalue weighted by Gasteiger charge is 2.42. The lowest BCUT2D eigenvalue weighted by molar-refractivity contribution is -0.157. The van der Waals surface area contributed by atoms with Gasteiger partial charge in [-0.1, -0.05) is 29.8 Å². The van der Waals surface area contributed by atoms with Gasteiger partial charge in [-0.15, -0.1) is 0 Å². The van der Waals surface area contributed by atoms with Crippen LogP contribution in [0.25, 0.3) is 0 Å². The van der Waals surface area contributed by atoms with Gasteiger partial charge in [0, 0.05) is 17.5 Å². The number of hydrogen-bond acceptors (Lipinski definition) is 3. The van der Waals surface area contributed by atoms with Crippen LogP contribution in [0.2, 0.25) is 0 Å². The van der Waals surface area contributed by atoms with Crippen molar-refractivity contribution < 1.29 is 9.53 Å². The Bertz CT molecular complexity index is 598. The molecule has 1 aliphatic heterocycles. The maximum atomic E-state index is 12.5. The third kappa shape index (κ3) is 2.69. The Kier molecular flexibility index (Phi) is 3.31. The van der Waals surface area contributed by atoms with E-state index in [9.17, 15) is 4.79 Å². The van der Waals surface area contributed by atoms with E-state index in [0.717, 1.165) is 12.1 Å². The number of rotatable bonds is 1. The number of anilines is 1. The summed E-state index contributed by atoms with van der Waals surface area (Å²) in [5.41, 5.74) is 3.16. The molecule has 3 atom stereocenters. The Balaban J connectivity index is 1.92. The summed E-state index contributed by atoms with van der Waals surface area (Å²) in [6.07, 6.45) is 5.35. The predicted molar refractivity (Wildman–Crippen MR) is 84.4 cm³/mol. The van der Waals surface area contributed by atoms with E-state index in [1.165, 1.54) is 11.1 Å². The molecule has 21 heavy (non-hydrogen) atoms. The van der Waals surface area contributed by atoms with Crippen molar-refractivity contribution in [2.75, 3.05) is 5.32 Å². The summed E-state index contributed by atoms with van der Waals surface area (Å²) in [6, 6.07) is 6.11. The summed E-state index contributed by atoms with van der Waals surface area (Å²) < 4.78 is 5.59. The molecule has 3 nitrogen and oxygen atoms in total. The number of hydrogen-bond donors (Lipinski definition) is 1. The van der Waals surface area contributed by atoms with Crippen LogP contribution in [0.5, 0.6) is 0 Å². The molecule has 0 saturated carbocycles. The van der Waals surface area contributed by atoms with Crippen molar-refractivity contribution in [3.63, 3.8) is 0 Å². The van der Waals surface area contributed by atoms with Gasteiger partial charge in [-0.2, -0.15) is 0 Å². The monoisotopic (exact) mass is 285 g/mol. The molecule has 3 rings (SSSR count). The van der Waals surface area contributed by atoms with E-state index >= 15 is 0 Å². The van der Waals surface area contributed by atoms with Gasteiger partial charge in [-0.25, -0.2) is 4.79 Å². The molecule has 0 aromatic heterocycles. The second kappa shape index (κ2) is 4.90. The molecule has 0 spiro atoms. The number of carbonyl (C=O) groups excluding carboxylic acids is 1. The SMILES string of the molecule is Cc1ccc2c(c1)[C@H]1C=CC[C@H]1[C@@H](C(=O)OC(C)(C)C)N2. The van der Waals surface area contributed by atoms with Crippen molar-refractivity contribution in [2.45, 2.75) is 51.7 Å². The maximum Gasteiger partial charge on any atom is 0.329 e. The highest BCUT2D eigenvalue weighted by molar-refractivity contribution is 5.82. The zero-order valence-electron chi connectivity index (χ0n) is 13.1. The van der Waals surface area contributed by atoms with E-state index < -0.39 is 5.60 Å². The van der Waals surface area contributed by atoms with Gasteiger partial charge in [0.25, 0.3) is 0 Å². The lowest BCUT2D eigenvalue weighted by Gasteiger charge is -2.37. The molecule has 112 valence electrons. The molecule has 1 aromatic carbocycles. The van der Waals surface area contributed by atoms with E-state index in [0.29, 0.717) is 5.92 Å². The molecule has 1 aliphatic carbocycles. The quantitative estimate of drug-likeness (QED) is 0.630. The fourth-order valence-electron chi connectivity index (χ4n) is 3.31. The zero-order chi connectivity index (χ0) is 15.2.